The van der Waals surface area contributed by atoms with E-state index in [2.05, 4.69) is 0 Å². The minimum absolute atomic E-state index is 0.0560. The zero-order valence-corrected chi connectivity index (χ0v) is 10.2. The van der Waals surface area contributed by atoms with Crippen LogP contribution in [-0.4, -0.2) is 27.0 Å². The van der Waals surface area contributed by atoms with E-state index in [-0.39, 0.29) is 23.9 Å². The molecule has 0 aliphatic carbocycles. The van der Waals surface area contributed by atoms with Crippen LogP contribution in [0.3, 0.4) is 0 Å². The van der Waals surface area contributed by atoms with E-state index in [1.165, 1.54) is 12.3 Å². The van der Waals surface area contributed by atoms with E-state index in [0.29, 0.717) is 12.0 Å². The Hall–Kier alpha value is -1.10. The number of aryl methyl sites for hydroxylation is 1. The van der Waals surface area contributed by atoms with Gasteiger partial charge < -0.3 is 4.74 Å². The predicted molar refractivity (Wildman–Crippen MR) is 61.0 cm³/mol. The first kappa shape index (κ1) is 13.0. The van der Waals surface area contributed by atoms with Crippen LogP contribution in [0.2, 0.25) is 0 Å². The Morgan fingerprint density at radius 2 is 2.06 bits per heavy atom. The van der Waals surface area contributed by atoms with Crippen molar-refractivity contribution in [3.63, 3.8) is 0 Å². The summed E-state index contributed by atoms with van der Waals surface area (Å²) >= 11 is 0. The second-order valence-electron chi connectivity index (χ2n) is 3.72. The summed E-state index contributed by atoms with van der Waals surface area (Å²) in [6, 6.07) is 4.88. The summed E-state index contributed by atoms with van der Waals surface area (Å²) in [6.07, 6.45) is 1.53. The lowest BCUT2D eigenvalue weighted by molar-refractivity contribution is 0.301. The zero-order chi connectivity index (χ0) is 12.2. The predicted octanol–water partition coefficient (Wildman–Crippen LogP) is 1.95. The van der Waals surface area contributed by atoms with Crippen LogP contribution in [0, 0.1) is 12.7 Å². The molecule has 1 rings (SSSR count). The van der Waals surface area contributed by atoms with Gasteiger partial charge in [-0.15, -0.1) is 0 Å². The molecule has 90 valence electrons. The Morgan fingerprint density at radius 1 is 1.38 bits per heavy atom. The quantitative estimate of drug-likeness (QED) is 0.746. The standard InChI is InChI=1S/C11H15FO3S/c1-9-5-3-6-10(11(9)12)15-7-4-8-16(2,13)14/h3,5-6H,4,7-8H2,1-2H3. The molecule has 0 radical (unpaired) electrons. The third-order valence-corrected chi connectivity index (χ3v) is 3.10. The second-order valence-corrected chi connectivity index (χ2v) is 5.98. The fraction of sp³-hybridized carbons (Fsp3) is 0.455. The molecule has 0 saturated heterocycles. The highest BCUT2D eigenvalue weighted by Gasteiger charge is 2.06. The van der Waals surface area contributed by atoms with E-state index >= 15 is 0 Å². The number of halogens is 1. The number of hydrogen-bond donors (Lipinski definition) is 0. The van der Waals surface area contributed by atoms with Crippen LogP contribution in [0.1, 0.15) is 12.0 Å². The van der Waals surface area contributed by atoms with Gasteiger partial charge in [-0.1, -0.05) is 12.1 Å². The molecule has 1 aromatic rings. The minimum Gasteiger partial charge on any atom is -0.490 e. The Morgan fingerprint density at radius 3 is 2.69 bits per heavy atom. The van der Waals surface area contributed by atoms with Gasteiger partial charge in [-0.3, -0.25) is 0 Å². The molecule has 0 N–H and O–H groups in total. The number of benzene rings is 1. The summed E-state index contributed by atoms with van der Waals surface area (Å²) in [5.41, 5.74) is 0.514. The highest BCUT2D eigenvalue weighted by atomic mass is 32.2. The molecule has 3 nitrogen and oxygen atoms in total. The fourth-order valence-corrected chi connectivity index (χ4v) is 1.88. The Labute approximate surface area is 95.2 Å². The van der Waals surface area contributed by atoms with E-state index in [1.807, 2.05) is 0 Å². The van der Waals surface area contributed by atoms with Gasteiger partial charge >= 0.3 is 0 Å². The number of sulfone groups is 1. The third-order valence-electron chi connectivity index (χ3n) is 2.07. The summed E-state index contributed by atoms with van der Waals surface area (Å²) in [4.78, 5) is 0. The molecule has 16 heavy (non-hydrogen) atoms. The van der Waals surface area contributed by atoms with Crippen molar-refractivity contribution in [2.45, 2.75) is 13.3 Å². The van der Waals surface area contributed by atoms with E-state index in [4.69, 9.17) is 4.74 Å². The van der Waals surface area contributed by atoms with Crippen LogP contribution in [0.5, 0.6) is 5.75 Å². The molecular weight excluding hydrogens is 231 g/mol. The van der Waals surface area contributed by atoms with Crippen LogP contribution in [-0.2, 0) is 9.84 Å². The van der Waals surface area contributed by atoms with Gasteiger partial charge in [0.1, 0.15) is 9.84 Å². The molecule has 0 fully saturated rings. The largest absolute Gasteiger partial charge is 0.490 e. The van der Waals surface area contributed by atoms with Crippen molar-refractivity contribution in [1.29, 1.82) is 0 Å². The molecule has 1 aromatic carbocycles. The SMILES string of the molecule is Cc1cccc(OCCCS(C)(=O)=O)c1F. The van der Waals surface area contributed by atoms with Crippen LogP contribution >= 0.6 is 0 Å². The number of hydrogen-bond acceptors (Lipinski definition) is 3. The molecule has 0 aliphatic rings. The first-order valence-electron chi connectivity index (χ1n) is 4.96. The molecule has 0 aromatic heterocycles. The van der Waals surface area contributed by atoms with E-state index < -0.39 is 9.84 Å². The van der Waals surface area contributed by atoms with Crippen molar-refractivity contribution in [2.75, 3.05) is 18.6 Å². The van der Waals surface area contributed by atoms with Gasteiger partial charge in [0.25, 0.3) is 0 Å². The summed E-state index contributed by atoms with van der Waals surface area (Å²) in [7, 11) is -2.97. The summed E-state index contributed by atoms with van der Waals surface area (Å²) < 4.78 is 40.3. The Balaban J connectivity index is 2.47. The maximum Gasteiger partial charge on any atom is 0.167 e. The molecule has 5 heteroatoms. The van der Waals surface area contributed by atoms with Gasteiger partial charge in [0.15, 0.2) is 11.6 Å². The zero-order valence-electron chi connectivity index (χ0n) is 9.36. The topological polar surface area (TPSA) is 43.4 Å². The minimum atomic E-state index is -2.97. The molecule has 0 atom stereocenters. The molecule has 0 spiro atoms. The van der Waals surface area contributed by atoms with Crippen molar-refractivity contribution >= 4 is 9.84 Å². The Kier molecular flexibility index (Phi) is 4.29. The van der Waals surface area contributed by atoms with Gasteiger partial charge in [-0.25, -0.2) is 12.8 Å². The van der Waals surface area contributed by atoms with E-state index in [9.17, 15) is 12.8 Å². The van der Waals surface area contributed by atoms with Crippen molar-refractivity contribution in [2.24, 2.45) is 0 Å². The van der Waals surface area contributed by atoms with Crippen molar-refractivity contribution in [3.8, 4) is 5.75 Å². The lowest BCUT2D eigenvalue weighted by Crippen LogP contribution is -2.08. The average molecular weight is 246 g/mol. The van der Waals surface area contributed by atoms with Gasteiger partial charge in [0.2, 0.25) is 0 Å². The fourth-order valence-electron chi connectivity index (χ4n) is 1.24. The van der Waals surface area contributed by atoms with Gasteiger partial charge in [0, 0.05) is 6.26 Å². The molecule has 0 amide bonds. The normalized spacial score (nSPS) is 11.4. The smallest absolute Gasteiger partial charge is 0.167 e. The highest BCUT2D eigenvalue weighted by molar-refractivity contribution is 7.90. The molecular formula is C11H15FO3S. The lowest BCUT2D eigenvalue weighted by atomic mass is 10.2. The van der Waals surface area contributed by atoms with Crippen LogP contribution in [0.4, 0.5) is 4.39 Å². The van der Waals surface area contributed by atoms with Gasteiger partial charge in [0.05, 0.1) is 12.4 Å². The van der Waals surface area contributed by atoms with E-state index in [0.717, 1.165) is 0 Å². The molecule has 0 bridgehead atoms. The van der Waals surface area contributed by atoms with Crippen LogP contribution < -0.4 is 4.74 Å². The molecule has 0 heterocycles. The van der Waals surface area contributed by atoms with Crippen LogP contribution in [0.25, 0.3) is 0 Å². The maximum absolute atomic E-state index is 13.4. The second kappa shape index (κ2) is 5.30. The lowest BCUT2D eigenvalue weighted by Gasteiger charge is -2.07. The first-order valence-corrected chi connectivity index (χ1v) is 7.02. The molecule has 0 saturated carbocycles. The monoisotopic (exact) mass is 246 g/mol. The van der Waals surface area contributed by atoms with Crippen LogP contribution in [0.15, 0.2) is 18.2 Å². The third kappa shape index (κ3) is 4.18. The van der Waals surface area contributed by atoms with Gasteiger partial charge in [-0.05, 0) is 25.0 Å². The number of ether oxygens (including phenoxy) is 1. The maximum atomic E-state index is 13.4. The Bertz CT molecular complexity index is 454. The average Bonchev–Trinajstić information content (AvgIpc) is 2.17. The highest BCUT2D eigenvalue weighted by Crippen LogP contribution is 2.19. The van der Waals surface area contributed by atoms with Crippen molar-refractivity contribution in [1.82, 2.24) is 0 Å². The summed E-state index contributed by atoms with van der Waals surface area (Å²) in [5.74, 6) is -0.157. The van der Waals surface area contributed by atoms with Crippen molar-refractivity contribution < 1.29 is 17.5 Å². The molecule has 0 aliphatic heterocycles. The summed E-state index contributed by atoms with van der Waals surface area (Å²) in [5, 5.41) is 0. The first-order chi connectivity index (χ1) is 7.40. The van der Waals surface area contributed by atoms with E-state index in [1.54, 1.807) is 19.1 Å². The molecule has 0 unspecified atom stereocenters. The number of rotatable bonds is 5. The van der Waals surface area contributed by atoms with Gasteiger partial charge in [-0.2, -0.15) is 0 Å². The summed E-state index contributed by atoms with van der Waals surface area (Å²) in [6.45, 7) is 1.85. The van der Waals surface area contributed by atoms with Crippen molar-refractivity contribution in [3.05, 3.63) is 29.6 Å².